The highest BCUT2D eigenvalue weighted by molar-refractivity contribution is 5.94. The van der Waals surface area contributed by atoms with Gasteiger partial charge in [-0.2, -0.15) is 0 Å². The van der Waals surface area contributed by atoms with Crippen LogP contribution in [0.1, 0.15) is 48.9 Å². The van der Waals surface area contributed by atoms with Gasteiger partial charge in [0.15, 0.2) is 0 Å². The van der Waals surface area contributed by atoms with E-state index in [2.05, 4.69) is 33.9 Å². The molecular weight excluding hydrogens is 314 g/mol. The number of hydrogen-bond acceptors (Lipinski definition) is 4. The monoisotopic (exact) mass is 341 g/mol. The van der Waals surface area contributed by atoms with E-state index in [1.165, 1.54) is 0 Å². The predicted octanol–water partition coefficient (Wildman–Crippen LogP) is 2.30. The summed E-state index contributed by atoms with van der Waals surface area (Å²) in [5, 5.41) is 11.8. The molecule has 25 heavy (non-hydrogen) atoms. The van der Waals surface area contributed by atoms with Crippen LogP contribution in [0.25, 0.3) is 0 Å². The minimum Gasteiger partial charge on any atom is -0.339 e. The molecule has 0 atom stereocenters. The van der Waals surface area contributed by atoms with Crippen molar-refractivity contribution in [2.45, 2.75) is 45.2 Å². The molecule has 3 rings (SSSR count). The smallest absolute Gasteiger partial charge is 0.253 e. The lowest BCUT2D eigenvalue weighted by molar-refractivity contribution is 0.0705. The Morgan fingerprint density at radius 3 is 2.64 bits per heavy atom. The lowest BCUT2D eigenvalue weighted by Gasteiger charge is -2.32. The van der Waals surface area contributed by atoms with Crippen molar-refractivity contribution >= 4 is 5.91 Å². The number of nitrogens with zero attached hydrogens (tertiary/aromatic N) is 4. The van der Waals surface area contributed by atoms with Crippen molar-refractivity contribution in [2.24, 2.45) is 0 Å². The van der Waals surface area contributed by atoms with Gasteiger partial charge in [-0.05, 0) is 38.8 Å². The van der Waals surface area contributed by atoms with Crippen LogP contribution in [0.4, 0.5) is 0 Å². The number of aromatic nitrogens is 3. The number of hydrogen-bond donors (Lipinski definition) is 1. The number of piperidine rings is 1. The Balaban J connectivity index is 1.42. The second-order valence-corrected chi connectivity index (χ2v) is 6.88. The molecule has 0 bridgehead atoms. The summed E-state index contributed by atoms with van der Waals surface area (Å²) < 4.78 is 2.11. The molecule has 1 aliphatic heterocycles. The molecule has 1 N–H and O–H groups in total. The number of rotatable bonds is 6. The summed E-state index contributed by atoms with van der Waals surface area (Å²) in [7, 11) is 0. The number of amides is 1. The molecule has 0 radical (unpaired) electrons. The average Bonchev–Trinajstić information content (AvgIpc) is 3.11. The van der Waals surface area contributed by atoms with Crippen molar-refractivity contribution in [3.63, 3.8) is 0 Å². The Bertz CT molecular complexity index is 674. The standard InChI is InChI=1S/C19H27N5O/c1-15(2)24-14-21-22-18(24)8-11-20-17-9-12-23(13-10-17)19(25)16-6-4-3-5-7-16/h3-7,14-15,17,20H,8-13H2,1-2H3. The molecule has 0 aliphatic carbocycles. The first kappa shape index (κ1) is 17.6. The third-order valence-electron chi connectivity index (χ3n) is 4.79. The van der Waals surface area contributed by atoms with Gasteiger partial charge in [-0.15, -0.1) is 10.2 Å². The summed E-state index contributed by atoms with van der Waals surface area (Å²) in [6, 6.07) is 10.4. The van der Waals surface area contributed by atoms with Gasteiger partial charge in [0.05, 0.1) is 0 Å². The van der Waals surface area contributed by atoms with E-state index >= 15 is 0 Å². The third kappa shape index (κ3) is 4.45. The molecule has 2 heterocycles. The van der Waals surface area contributed by atoms with Crippen LogP contribution < -0.4 is 5.32 Å². The maximum Gasteiger partial charge on any atom is 0.253 e. The van der Waals surface area contributed by atoms with E-state index in [4.69, 9.17) is 0 Å². The molecule has 1 aromatic carbocycles. The predicted molar refractivity (Wildman–Crippen MR) is 97.5 cm³/mol. The largest absolute Gasteiger partial charge is 0.339 e. The Morgan fingerprint density at radius 1 is 1.24 bits per heavy atom. The molecule has 6 nitrogen and oxygen atoms in total. The van der Waals surface area contributed by atoms with Crippen LogP contribution in [-0.2, 0) is 6.42 Å². The maximum absolute atomic E-state index is 12.5. The first-order chi connectivity index (χ1) is 12.1. The Labute approximate surface area is 149 Å². The van der Waals surface area contributed by atoms with Gasteiger partial charge in [0.25, 0.3) is 5.91 Å². The molecule has 6 heteroatoms. The van der Waals surface area contributed by atoms with Gasteiger partial charge in [0.1, 0.15) is 12.2 Å². The molecule has 1 aromatic heterocycles. The van der Waals surface area contributed by atoms with Gasteiger partial charge in [0, 0.05) is 43.7 Å². The summed E-state index contributed by atoms with van der Waals surface area (Å²) in [5.74, 6) is 1.17. The van der Waals surface area contributed by atoms with E-state index < -0.39 is 0 Å². The molecule has 0 saturated carbocycles. The second-order valence-electron chi connectivity index (χ2n) is 6.88. The van der Waals surface area contributed by atoms with Crippen molar-refractivity contribution < 1.29 is 4.79 Å². The molecule has 0 unspecified atom stereocenters. The normalized spacial score (nSPS) is 15.7. The van der Waals surface area contributed by atoms with Gasteiger partial charge in [-0.25, -0.2) is 0 Å². The zero-order chi connectivity index (χ0) is 17.6. The van der Waals surface area contributed by atoms with Crippen LogP contribution in [-0.4, -0.2) is 51.2 Å². The zero-order valence-corrected chi connectivity index (χ0v) is 15.1. The number of benzene rings is 1. The fraction of sp³-hybridized carbons (Fsp3) is 0.526. The number of nitrogens with one attached hydrogen (secondary N) is 1. The van der Waals surface area contributed by atoms with Gasteiger partial charge in [0.2, 0.25) is 0 Å². The molecule has 0 spiro atoms. The summed E-state index contributed by atoms with van der Waals surface area (Å²) >= 11 is 0. The topological polar surface area (TPSA) is 63.1 Å². The third-order valence-corrected chi connectivity index (χ3v) is 4.79. The number of carbonyl (C=O) groups excluding carboxylic acids is 1. The first-order valence-corrected chi connectivity index (χ1v) is 9.11. The van der Waals surface area contributed by atoms with Gasteiger partial charge < -0.3 is 14.8 Å². The Hall–Kier alpha value is -2.21. The van der Waals surface area contributed by atoms with Gasteiger partial charge in [-0.1, -0.05) is 18.2 Å². The number of likely N-dealkylation sites (tertiary alicyclic amines) is 1. The van der Waals surface area contributed by atoms with Crippen molar-refractivity contribution in [3.05, 3.63) is 48.0 Å². The molecule has 2 aromatic rings. The number of carbonyl (C=O) groups is 1. The van der Waals surface area contributed by atoms with Crippen molar-refractivity contribution in [1.29, 1.82) is 0 Å². The highest BCUT2D eigenvalue weighted by Crippen LogP contribution is 2.14. The minimum atomic E-state index is 0.143. The van der Waals surface area contributed by atoms with Crippen LogP contribution in [0.2, 0.25) is 0 Å². The summed E-state index contributed by atoms with van der Waals surface area (Å²) in [6.45, 7) is 6.80. The van der Waals surface area contributed by atoms with E-state index in [1.54, 1.807) is 6.33 Å². The van der Waals surface area contributed by atoms with Gasteiger partial charge in [-0.3, -0.25) is 4.79 Å². The molecular formula is C19H27N5O. The van der Waals surface area contributed by atoms with Crippen molar-refractivity contribution in [3.8, 4) is 0 Å². The summed E-state index contributed by atoms with van der Waals surface area (Å²) in [5.41, 5.74) is 0.780. The van der Waals surface area contributed by atoms with E-state index in [-0.39, 0.29) is 5.91 Å². The Kier molecular flexibility index (Phi) is 5.81. The quantitative estimate of drug-likeness (QED) is 0.876. The van der Waals surface area contributed by atoms with E-state index in [0.717, 1.165) is 50.3 Å². The average molecular weight is 341 g/mol. The molecule has 1 amide bonds. The first-order valence-electron chi connectivity index (χ1n) is 9.11. The van der Waals surface area contributed by atoms with Crippen LogP contribution in [0, 0.1) is 0 Å². The Morgan fingerprint density at radius 2 is 1.96 bits per heavy atom. The van der Waals surface area contributed by atoms with E-state index in [1.807, 2.05) is 35.2 Å². The lowest BCUT2D eigenvalue weighted by Crippen LogP contribution is -2.45. The molecule has 1 fully saturated rings. The minimum absolute atomic E-state index is 0.143. The van der Waals surface area contributed by atoms with Crippen molar-refractivity contribution in [1.82, 2.24) is 25.0 Å². The highest BCUT2D eigenvalue weighted by Gasteiger charge is 2.23. The fourth-order valence-corrected chi connectivity index (χ4v) is 3.31. The SMILES string of the molecule is CC(C)n1cnnc1CCNC1CCN(C(=O)c2ccccc2)CC1. The van der Waals surface area contributed by atoms with Crippen LogP contribution >= 0.6 is 0 Å². The lowest BCUT2D eigenvalue weighted by atomic mass is 10.0. The van der Waals surface area contributed by atoms with Gasteiger partial charge >= 0.3 is 0 Å². The van der Waals surface area contributed by atoms with E-state index in [9.17, 15) is 4.79 Å². The highest BCUT2D eigenvalue weighted by atomic mass is 16.2. The zero-order valence-electron chi connectivity index (χ0n) is 15.1. The summed E-state index contributed by atoms with van der Waals surface area (Å²) in [4.78, 5) is 14.4. The molecule has 1 aliphatic rings. The van der Waals surface area contributed by atoms with Crippen molar-refractivity contribution in [2.75, 3.05) is 19.6 Å². The second kappa shape index (κ2) is 8.25. The van der Waals surface area contributed by atoms with Crippen LogP contribution in [0.15, 0.2) is 36.7 Å². The van der Waals surface area contributed by atoms with E-state index in [0.29, 0.717) is 12.1 Å². The molecule has 134 valence electrons. The fourth-order valence-electron chi connectivity index (χ4n) is 3.31. The molecule has 1 saturated heterocycles. The summed E-state index contributed by atoms with van der Waals surface area (Å²) in [6.07, 6.45) is 4.67. The van der Waals surface area contributed by atoms with Crippen LogP contribution in [0.5, 0.6) is 0 Å². The van der Waals surface area contributed by atoms with Crippen LogP contribution in [0.3, 0.4) is 0 Å². The maximum atomic E-state index is 12.5.